The van der Waals surface area contributed by atoms with Gasteiger partial charge in [0.25, 0.3) is 0 Å². The van der Waals surface area contributed by atoms with Gasteiger partial charge in [-0.3, -0.25) is 4.99 Å². The molecule has 4 heteroatoms. The highest BCUT2D eigenvalue weighted by Crippen LogP contribution is 2.45. The van der Waals surface area contributed by atoms with E-state index < -0.39 is 0 Å². The van der Waals surface area contributed by atoms with Crippen molar-refractivity contribution >= 4 is 5.96 Å². The average Bonchev–Trinajstić information content (AvgIpc) is 3.26. The molecule has 4 nitrogen and oxygen atoms in total. The van der Waals surface area contributed by atoms with Crippen LogP contribution in [0.4, 0.5) is 0 Å². The van der Waals surface area contributed by atoms with Crippen molar-refractivity contribution in [3.8, 4) is 0 Å². The van der Waals surface area contributed by atoms with Crippen LogP contribution in [0, 0.1) is 11.3 Å². The number of aliphatic imine (C=N–C) groups is 1. The Balaban J connectivity index is 1.57. The van der Waals surface area contributed by atoms with Crippen molar-refractivity contribution in [3.05, 3.63) is 0 Å². The summed E-state index contributed by atoms with van der Waals surface area (Å²) in [6.45, 7) is 12.6. The molecule has 1 aliphatic carbocycles. The minimum Gasteiger partial charge on any atom is -0.357 e. The lowest BCUT2D eigenvalue weighted by Gasteiger charge is -2.26. The summed E-state index contributed by atoms with van der Waals surface area (Å²) in [7, 11) is 0. The zero-order valence-corrected chi connectivity index (χ0v) is 14.6. The predicted octanol–water partition coefficient (Wildman–Crippen LogP) is 2.56. The molecular formula is C18H34N4. The van der Waals surface area contributed by atoms with Gasteiger partial charge in [-0.05, 0) is 57.0 Å². The molecule has 1 spiro atoms. The second kappa shape index (κ2) is 7.20. The van der Waals surface area contributed by atoms with Crippen LogP contribution in [-0.4, -0.2) is 61.6 Å². The van der Waals surface area contributed by atoms with E-state index in [4.69, 9.17) is 4.99 Å². The fraction of sp³-hybridized carbons (Fsp3) is 0.944. The van der Waals surface area contributed by atoms with Gasteiger partial charge in [0.05, 0.1) is 0 Å². The van der Waals surface area contributed by atoms with Crippen LogP contribution in [0.2, 0.25) is 0 Å². The van der Waals surface area contributed by atoms with E-state index in [1.807, 2.05) is 0 Å². The number of guanidine groups is 1. The Bertz CT molecular complexity index is 387. The first-order chi connectivity index (χ1) is 10.7. The maximum atomic E-state index is 5.01. The third-order valence-electron chi connectivity index (χ3n) is 6.05. The zero-order chi connectivity index (χ0) is 15.4. The Kier molecular flexibility index (Phi) is 5.27. The largest absolute Gasteiger partial charge is 0.357 e. The standard InChI is InChI=1S/C18H34N4/c1-3-19-17(20-13-16-7-11-21(4-2)14-16)22-12-10-18(15-22)8-5-6-9-18/h16H,3-15H2,1-2H3,(H,19,20). The fourth-order valence-electron chi connectivity index (χ4n) is 4.64. The highest BCUT2D eigenvalue weighted by molar-refractivity contribution is 5.80. The van der Waals surface area contributed by atoms with Crippen molar-refractivity contribution < 1.29 is 0 Å². The number of hydrogen-bond donors (Lipinski definition) is 1. The van der Waals surface area contributed by atoms with Crippen molar-refractivity contribution in [3.63, 3.8) is 0 Å². The van der Waals surface area contributed by atoms with E-state index in [0.29, 0.717) is 5.41 Å². The molecule has 0 aromatic heterocycles. The van der Waals surface area contributed by atoms with E-state index in [2.05, 4.69) is 29.0 Å². The van der Waals surface area contributed by atoms with Gasteiger partial charge in [-0.2, -0.15) is 0 Å². The molecule has 22 heavy (non-hydrogen) atoms. The summed E-state index contributed by atoms with van der Waals surface area (Å²) >= 11 is 0. The van der Waals surface area contributed by atoms with Crippen molar-refractivity contribution in [2.45, 2.75) is 52.4 Å². The van der Waals surface area contributed by atoms with Crippen molar-refractivity contribution in [1.29, 1.82) is 0 Å². The molecule has 1 N–H and O–H groups in total. The Hall–Kier alpha value is -0.770. The average molecular weight is 306 g/mol. The maximum absolute atomic E-state index is 5.01. The molecule has 3 fully saturated rings. The molecule has 0 amide bonds. The summed E-state index contributed by atoms with van der Waals surface area (Å²) in [6, 6.07) is 0. The predicted molar refractivity (Wildman–Crippen MR) is 93.3 cm³/mol. The monoisotopic (exact) mass is 306 g/mol. The van der Waals surface area contributed by atoms with Gasteiger partial charge in [0, 0.05) is 32.7 Å². The first-order valence-corrected chi connectivity index (χ1v) is 9.50. The number of rotatable bonds is 4. The highest BCUT2D eigenvalue weighted by Gasteiger charge is 2.41. The quantitative estimate of drug-likeness (QED) is 0.640. The van der Waals surface area contributed by atoms with Crippen LogP contribution in [0.1, 0.15) is 52.4 Å². The molecule has 0 bridgehead atoms. The highest BCUT2D eigenvalue weighted by atomic mass is 15.3. The van der Waals surface area contributed by atoms with Crippen LogP contribution >= 0.6 is 0 Å². The van der Waals surface area contributed by atoms with Crippen LogP contribution in [0.3, 0.4) is 0 Å². The van der Waals surface area contributed by atoms with E-state index >= 15 is 0 Å². The van der Waals surface area contributed by atoms with E-state index in [1.54, 1.807) is 0 Å². The molecule has 1 saturated carbocycles. The molecule has 2 aliphatic heterocycles. The summed E-state index contributed by atoms with van der Waals surface area (Å²) in [5.74, 6) is 1.94. The van der Waals surface area contributed by atoms with Crippen molar-refractivity contribution in [1.82, 2.24) is 15.1 Å². The van der Waals surface area contributed by atoms with Crippen LogP contribution in [-0.2, 0) is 0 Å². The summed E-state index contributed by atoms with van der Waals surface area (Å²) in [6.07, 6.45) is 8.46. The zero-order valence-electron chi connectivity index (χ0n) is 14.6. The molecule has 126 valence electrons. The summed E-state index contributed by atoms with van der Waals surface area (Å²) in [5, 5.41) is 3.54. The lowest BCUT2D eigenvalue weighted by Crippen LogP contribution is -2.41. The Morgan fingerprint density at radius 2 is 2.00 bits per heavy atom. The van der Waals surface area contributed by atoms with Gasteiger partial charge in [-0.1, -0.05) is 19.8 Å². The normalized spacial score (nSPS) is 28.9. The molecule has 2 saturated heterocycles. The molecule has 1 unspecified atom stereocenters. The molecule has 1 atom stereocenters. The van der Waals surface area contributed by atoms with Crippen molar-refractivity contribution in [2.24, 2.45) is 16.3 Å². The number of nitrogens with one attached hydrogen (secondary N) is 1. The lowest BCUT2D eigenvalue weighted by molar-refractivity contribution is 0.309. The van der Waals surface area contributed by atoms with Gasteiger partial charge < -0.3 is 15.1 Å². The summed E-state index contributed by atoms with van der Waals surface area (Å²) in [5.41, 5.74) is 0.628. The summed E-state index contributed by atoms with van der Waals surface area (Å²) < 4.78 is 0. The number of nitrogens with zero attached hydrogens (tertiary/aromatic N) is 3. The summed E-state index contributed by atoms with van der Waals surface area (Å²) in [4.78, 5) is 10.1. The molecule has 3 aliphatic rings. The second-order valence-electron chi connectivity index (χ2n) is 7.62. The van der Waals surface area contributed by atoms with Gasteiger partial charge in [0.15, 0.2) is 5.96 Å². The third kappa shape index (κ3) is 3.58. The van der Waals surface area contributed by atoms with E-state index in [-0.39, 0.29) is 0 Å². The van der Waals surface area contributed by atoms with Crippen LogP contribution < -0.4 is 5.32 Å². The topological polar surface area (TPSA) is 30.9 Å². The third-order valence-corrected chi connectivity index (χ3v) is 6.05. The molecular weight excluding hydrogens is 272 g/mol. The van der Waals surface area contributed by atoms with Crippen molar-refractivity contribution in [2.75, 3.05) is 45.8 Å². The fourth-order valence-corrected chi connectivity index (χ4v) is 4.64. The molecule has 0 radical (unpaired) electrons. The lowest BCUT2D eigenvalue weighted by atomic mass is 9.86. The van der Waals surface area contributed by atoms with Crippen LogP contribution in [0.5, 0.6) is 0 Å². The van der Waals surface area contributed by atoms with E-state index in [1.165, 1.54) is 77.2 Å². The van der Waals surface area contributed by atoms with Gasteiger partial charge >= 0.3 is 0 Å². The molecule has 3 rings (SSSR count). The number of hydrogen-bond acceptors (Lipinski definition) is 2. The second-order valence-corrected chi connectivity index (χ2v) is 7.62. The number of likely N-dealkylation sites (tertiary alicyclic amines) is 2. The first-order valence-electron chi connectivity index (χ1n) is 9.50. The molecule has 2 heterocycles. The Morgan fingerprint density at radius 1 is 1.18 bits per heavy atom. The van der Waals surface area contributed by atoms with Gasteiger partial charge in [0.2, 0.25) is 0 Å². The SMILES string of the molecule is CCNC(=NCC1CCN(CC)C1)N1CCC2(CCCC2)C1. The smallest absolute Gasteiger partial charge is 0.193 e. The van der Waals surface area contributed by atoms with Gasteiger partial charge in [0.1, 0.15) is 0 Å². The van der Waals surface area contributed by atoms with E-state index in [0.717, 1.165) is 19.0 Å². The Morgan fingerprint density at radius 3 is 2.68 bits per heavy atom. The van der Waals surface area contributed by atoms with Crippen LogP contribution in [0.25, 0.3) is 0 Å². The molecule has 0 aromatic rings. The Labute approximate surface area is 136 Å². The van der Waals surface area contributed by atoms with Crippen LogP contribution in [0.15, 0.2) is 4.99 Å². The molecule has 0 aromatic carbocycles. The minimum atomic E-state index is 0.628. The minimum absolute atomic E-state index is 0.628. The van der Waals surface area contributed by atoms with Gasteiger partial charge in [-0.25, -0.2) is 0 Å². The van der Waals surface area contributed by atoms with Gasteiger partial charge in [-0.15, -0.1) is 0 Å². The first kappa shape index (κ1) is 16.1. The van der Waals surface area contributed by atoms with E-state index in [9.17, 15) is 0 Å². The maximum Gasteiger partial charge on any atom is 0.193 e.